The molecule has 0 unspecified atom stereocenters. The maximum absolute atomic E-state index is 8.46. The van der Waals surface area contributed by atoms with Crippen molar-refractivity contribution in [3.63, 3.8) is 0 Å². The Hall–Kier alpha value is -1.28. The summed E-state index contributed by atoms with van der Waals surface area (Å²) in [5.74, 6) is 0. The minimum atomic E-state index is 0.0537. The SMILES string of the molecule is Cc1ccccc1/C=C\OCCO. The smallest absolute Gasteiger partial charge is 0.110 e. The quantitative estimate of drug-likeness (QED) is 0.564. The third kappa shape index (κ3) is 3.30. The summed E-state index contributed by atoms with van der Waals surface area (Å²) in [5.41, 5.74) is 2.35. The van der Waals surface area contributed by atoms with Gasteiger partial charge in [-0.2, -0.15) is 0 Å². The van der Waals surface area contributed by atoms with Crippen molar-refractivity contribution in [2.75, 3.05) is 13.2 Å². The molecule has 13 heavy (non-hydrogen) atoms. The van der Waals surface area contributed by atoms with Crippen molar-refractivity contribution in [1.29, 1.82) is 0 Å². The Morgan fingerprint density at radius 2 is 2.15 bits per heavy atom. The van der Waals surface area contributed by atoms with Gasteiger partial charge in [-0.15, -0.1) is 0 Å². The Labute approximate surface area is 78.5 Å². The van der Waals surface area contributed by atoms with Crippen molar-refractivity contribution >= 4 is 6.08 Å². The fourth-order valence-corrected chi connectivity index (χ4v) is 1.02. The van der Waals surface area contributed by atoms with Crippen LogP contribution in [0.5, 0.6) is 0 Å². The van der Waals surface area contributed by atoms with Crippen LogP contribution in [-0.2, 0) is 4.74 Å². The zero-order chi connectivity index (χ0) is 9.52. The molecule has 0 amide bonds. The molecule has 0 bridgehead atoms. The number of ether oxygens (including phenoxy) is 1. The number of aliphatic hydroxyl groups excluding tert-OH is 1. The third-order valence-corrected chi connectivity index (χ3v) is 1.74. The molecule has 0 spiro atoms. The lowest BCUT2D eigenvalue weighted by molar-refractivity contribution is 0.167. The second-order valence-corrected chi connectivity index (χ2v) is 2.75. The molecule has 0 radical (unpaired) electrons. The number of benzene rings is 1. The minimum absolute atomic E-state index is 0.0537. The highest BCUT2D eigenvalue weighted by Crippen LogP contribution is 2.08. The maximum Gasteiger partial charge on any atom is 0.110 e. The molecule has 0 fully saturated rings. The van der Waals surface area contributed by atoms with E-state index in [1.165, 1.54) is 5.56 Å². The van der Waals surface area contributed by atoms with Crippen LogP contribution in [0.4, 0.5) is 0 Å². The monoisotopic (exact) mass is 178 g/mol. The molecule has 1 aromatic rings. The van der Waals surface area contributed by atoms with E-state index in [2.05, 4.69) is 0 Å². The number of rotatable bonds is 4. The lowest BCUT2D eigenvalue weighted by Gasteiger charge is -1.99. The van der Waals surface area contributed by atoms with Gasteiger partial charge in [-0.1, -0.05) is 24.3 Å². The average Bonchev–Trinajstić information content (AvgIpc) is 2.15. The van der Waals surface area contributed by atoms with Crippen molar-refractivity contribution in [1.82, 2.24) is 0 Å². The van der Waals surface area contributed by atoms with Gasteiger partial charge in [0.1, 0.15) is 6.61 Å². The second kappa shape index (κ2) is 5.38. The van der Waals surface area contributed by atoms with E-state index < -0.39 is 0 Å². The van der Waals surface area contributed by atoms with E-state index in [-0.39, 0.29) is 6.61 Å². The van der Waals surface area contributed by atoms with Crippen LogP contribution in [0.2, 0.25) is 0 Å². The van der Waals surface area contributed by atoms with Gasteiger partial charge in [-0.3, -0.25) is 0 Å². The zero-order valence-corrected chi connectivity index (χ0v) is 7.73. The number of aliphatic hydroxyl groups is 1. The fraction of sp³-hybridized carbons (Fsp3) is 0.273. The van der Waals surface area contributed by atoms with E-state index in [4.69, 9.17) is 9.84 Å². The van der Waals surface area contributed by atoms with Crippen molar-refractivity contribution < 1.29 is 9.84 Å². The first kappa shape index (κ1) is 9.81. The molecule has 1 aromatic carbocycles. The molecule has 0 aromatic heterocycles. The molecule has 1 N–H and O–H groups in total. The van der Waals surface area contributed by atoms with Gasteiger partial charge in [-0.05, 0) is 24.1 Å². The first-order chi connectivity index (χ1) is 6.34. The molecule has 0 saturated heterocycles. The third-order valence-electron chi connectivity index (χ3n) is 1.74. The van der Waals surface area contributed by atoms with Crippen molar-refractivity contribution in [3.8, 4) is 0 Å². The standard InChI is InChI=1S/C11H14O2/c1-10-4-2-3-5-11(10)6-8-13-9-7-12/h2-6,8,12H,7,9H2,1H3/b8-6-. The van der Waals surface area contributed by atoms with Crippen LogP contribution < -0.4 is 0 Å². The van der Waals surface area contributed by atoms with Gasteiger partial charge in [0.25, 0.3) is 0 Å². The summed E-state index contributed by atoms with van der Waals surface area (Å²) in [6, 6.07) is 8.06. The van der Waals surface area contributed by atoms with E-state index in [1.807, 2.05) is 37.3 Å². The van der Waals surface area contributed by atoms with E-state index in [0.717, 1.165) is 5.56 Å². The van der Waals surface area contributed by atoms with Crippen LogP contribution in [0.25, 0.3) is 6.08 Å². The van der Waals surface area contributed by atoms with Gasteiger partial charge in [0.2, 0.25) is 0 Å². The topological polar surface area (TPSA) is 29.5 Å². The van der Waals surface area contributed by atoms with Crippen LogP contribution in [-0.4, -0.2) is 18.3 Å². The molecular formula is C11H14O2. The number of hydrogen-bond acceptors (Lipinski definition) is 2. The molecule has 2 heteroatoms. The van der Waals surface area contributed by atoms with E-state index in [1.54, 1.807) is 6.26 Å². The molecular weight excluding hydrogens is 164 g/mol. The van der Waals surface area contributed by atoms with Gasteiger partial charge >= 0.3 is 0 Å². The van der Waals surface area contributed by atoms with E-state index >= 15 is 0 Å². The Morgan fingerprint density at radius 1 is 1.38 bits per heavy atom. The summed E-state index contributed by atoms with van der Waals surface area (Å²) >= 11 is 0. The summed E-state index contributed by atoms with van der Waals surface area (Å²) in [4.78, 5) is 0. The van der Waals surface area contributed by atoms with Gasteiger partial charge in [0.15, 0.2) is 0 Å². The lowest BCUT2D eigenvalue weighted by Crippen LogP contribution is -1.92. The highest BCUT2D eigenvalue weighted by molar-refractivity contribution is 5.52. The highest BCUT2D eigenvalue weighted by Gasteiger charge is 1.89. The molecule has 0 heterocycles. The Bertz CT molecular complexity index is 279. The normalized spacial score (nSPS) is 10.6. The number of hydrogen-bond donors (Lipinski definition) is 1. The second-order valence-electron chi connectivity index (χ2n) is 2.75. The molecule has 0 saturated carbocycles. The summed E-state index contributed by atoms with van der Waals surface area (Å²) < 4.78 is 5.01. The van der Waals surface area contributed by atoms with Crippen LogP contribution in [0.1, 0.15) is 11.1 Å². The largest absolute Gasteiger partial charge is 0.499 e. The van der Waals surface area contributed by atoms with Gasteiger partial charge in [-0.25, -0.2) is 0 Å². The van der Waals surface area contributed by atoms with Gasteiger partial charge in [0, 0.05) is 0 Å². The Kier molecular flexibility index (Phi) is 4.06. The predicted molar refractivity (Wildman–Crippen MR) is 53.3 cm³/mol. The first-order valence-corrected chi connectivity index (χ1v) is 4.29. The van der Waals surface area contributed by atoms with Crippen LogP contribution in [0.15, 0.2) is 30.5 Å². The molecule has 2 nitrogen and oxygen atoms in total. The lowest BCUT2D eigenvalue weighted by atomic mass is 10.1. The van der Waals surface area contributed by atoms with Crippen LogP contribution >= 0.6 is 0 Å². The molecule has 70 valence electrons. The van der Waals surface area contributed by atoms with E-state index in [9.17, 15) is 0 Å². The van der Waals surface area contributed by atoms with Crippen LogP contribution in [0.3, 0.4) is 0 Å². The van der Waals surface area contributed by atoms with Crippen molar-refractivity contribution in [2.45, 2.75) is 6.92 Å². The first-order valence-electron chi connectivity index (χ1n) is 4.29. The summed E-state index contributed by atoms with van der Waals surface area (Å²) in [6.07, 6.45) is 3.50. The molecule has 1 rings (SSSR count). The molecule has 0 atom stereocenters. The fourth-order valence-electron chi connectivity index (χ4n) is 1.02. The maximum atomic E-state index is 8.46. The summed E-state index contributed by atoms with van der Waals surface area (Å²) in [7, 11) is 0. The van der Waals surface area contributed by atoms with Crippen molar-refractivity contribution in [2.24, 2.45) is 0 Å². The number of aryl methyl sites for hydroxylation is 1. The van der Waals surface area contributed by atoms with Crippen LogP contribution in [0, 0.1) is 6.92 Å². The Balaban J connectivity index is 2.53. The zero-order valence-electron chi connectivity index (χ0n) is 7.73. The van der Waals surface area contributed by atoms with E-state index in [0.29, 0.717) is 6.61 Å². The molecule has 0 aliphatic carbocycles. The van der Waals surface area contributed by atoms with Gasteiger partial charge in [0.05, 0.1) is 12.9 Å². The Morgan fingerprint density at radius 3 is 2.85 bits per heavy atom. The summed E-state index contributed by atoms with van der Waals surface area (Å²) in [6.45, 7) is 2.45. The predicted octanol–water partition coefficient (Wildman–Crippen LogP) is 1.97. The molecule has 0 aliphatic rings. The summed E-state index contributed by atoms with van der Waals surface area (Å²) in [5, 5.41) is 8.46. The minimum Gasteiger partial charge on any atom is -0.499 e. The molecule has 0 aliphatic heterocycles. The van der Waals surface area contributed by atoms with Crippen molar-refractivity contribution in [3.05, 3.63) is 41.7 Å². The average molecular weight is 178 g/mol. The highest BCUT2D eigenvalue weighted by atomic mass is 16.5. The van der Waals surface area contributed by atoms with Gasteiger partial charge < -0.3 is 9.84 Å².